The zero-order valence-corrected chi connectivity index (χ0v) is 9.24. The zero-order valence-electron chi connectivity index (χ0n) is 9.24. The Bertz CT molecular complexity index is 477. The van der Waals surface area contributed by atoms with Crippen LogP contribution in [-0.2, 0) is 6.54 Å². The fourth-order valence-electron chi connectivity index (χ4n) is 2.49. The van der Waals surface area contributed by atoms with Gasteiger partial charge in [0, 0.05) is 23.6 Å². The first-order valence-electron chi connectivity index (χ1n) is 5.89. The van der Waals surface area contributed by atoms with Crippen molar-refractivity contribution in [1.82, 2.24) is 4.57 Å². The molecular formula is C14H17N. The molecule has 1 nitrogen and oxygen atoms in total. The van der Waals surface area contributed by atoms with E-state index in [4.69, 9.17) is 0 Å². The van der Waals surface area contributed by atoms with Crippen molar-refractivity contribution >= 4 is 10.9 Å². The van der Waals surface area contributed by atoms with E-state index >= 15 is 0 Å². The molecule has 15 heavy (non-hydrogen) atoms. The van der Waals surface area contributed by atoms with Gasteiger partial charge < -0.3 is 4.57 Å². The monoisotopic (exact) mass is 199 g/mol. The highest BCUT2D eigenvalue weighted by Gasteiger charge is 2.18. The van der Waals surface area contributed by atoms with Gasteiger partial charge in [0.25, 0.3) is 0 Å². The Balaban J connectivity index is 2.00. The third-order valence-corrected chi connectivity index (χ3v) is 3.71. The topological polar surface area (TPSA) is 4.93 Å². The van der Waals surface area contributed by atoms with Crippen molar-refractivity contribution in [2.45, 2.75) is 32.7 Å². The van der Waals surface area contributed by atoms with Crippen LogP contribution in [0.2, 0.25) is 0 Å². The Morgan fingerprint density at radius 3 is 2.87 bits per heavy atom. The second-order valence-corrected chi connectivity index (χ2v) is 4.77. The summed E-state index contributed by atoms with van der Waals surface area (Å²) in [5.74, 6) is 0.932. The Labute approximate surface area is 90.7 Å². The molecule has 1 fully saturated rings. The second-order valence-electron chi connectivity index (χ2n) is 4.77. The first-order chi connectivity index (χ1) is 7.34. The highest BCUT2D eigenvalue weighted by atomic mass is 15.0. The lowest BCUT2D eigenvalue weighted by Crippen LogP contribution is -2.17. The van der Waals surface area contributed by atoms with Gasteiger partial charge in [0.2, 0.25) is 0 Å². The molecule has 0 unspecified atom stereocenters. The first kappa shape index (κ1) is 9.02. The molecule has 0 bridgehead atoms. The fourth-order valence-corrected chi connectivity index (χ4v) is 2.49. The van der Waals surface area contributed by atoms with Gasteiger partial charge in [-0.1, -0.05) is 18.6 Å². The molecule has 78 valence electrons. The maximum Gasteiger partial charge on any atom is 0.0483 e. The van der Waals surface area contributed by atoms with Crippen molar-refractivity contribution in [2.24, 2.45) is 5.92 Å². The van der Waals surface area contributed by atoms with Gasteiger partial charge in [-0.3, -0.25) is 0 Å². The third-order valence-electron chi connectivity index (χ3n) is 3.71. The van der Waals surface area contributed by atoms with Gasteiger partial charge in [0.15, 0.2) is 0 Å². The van der Waals surface area contributed by atoms with Crippen molar-refractivity contribution in [1.29, 1.82) is 0 Å². The summed E-state index contributed by atoms with van der Waals surface area (Å²) in [6.45, 7) is 3.41. The summed E-state index contributed by atoms with van der Waals surface area (Å²) < 4.78 is 2.42. The maximum atomic E-state index is 2.42. The molecule has 1 saturated carbocycles. The van der Waals surface area contributed by atoms with Gasteiger partial charge in [-0.25, -0.2) is 0 Å². The number of benzene rings is 1. The standard InChI is InChI=1S/C14H17N/c1-11-4-2-7-14-13(11)8-9-15(14)10-12-5-3-6-12/h2,4,7-9,12H,3,5-6,10H2,1H3. The minimum absolute atomic E-state index is 0.932. The molecular weight excluding hydrogens is 182 g/mol. The van der Waals surface area contributed by atoms with Crippen LogP contribution < -0.4 is 0 Å². The lowest BCUT2D eigenvalue weighted by atomic mass is 9.85. The van der Waals surface area contributed by atoms with Crippen LogP contribution in [-0.4, -0.2) is 4.57 Å². The number of fused-ring (bicyclic) bond motifs is 1. The van der Waals surface area contributed by atoms with Crippen LogP contribution in [0.4, 0.5) is 0 Å². The predicted molar refractivity (Wildman–Crippen MR) is 64.0 cm³/mol. The van der Waals surface area contributed by atoms with Gasteiger partial charge in [0.05, 0.1) is 0 Å². The molecule has 0 saturated heterocycles. The predicted octanol–water partition coefficient (Wildman–Crippen LogP) is 3.75. The van der Waals surface area contributed by atoms with E-state index in [2.05, 4.69) is 42.0 Å². The Hall–Kier alpha value is -1.24. The quantitative estimate of drug-likeness (QED) is 0.694. The minimum atomic E-state index is 0.932. The number of aromatic nitrogens is 1. The number of rotatable bonds is 2. The molecule has 0 spiro atoms. The Morgan fingerprint density at radius 1 is 1.27 bits per heavy atom. The largest absolute Gasteiger partial charge is 0.347 e. The molecule has 3 rings (SSSR count). The summed E-state index contributed by atoms with van der Waals surface area (Å²) >= 11 is 0. The van der Waals surface area contributed by atoms with Crippen LogP contribution in [0.3, 0.4) is 0 Å². The molecule has 2 aromatic rings. The van der Waals surface area contributed by atoms with E-state index in [9.17, 15) is 0 Å². The van der Waals surface area contributed by atoms with E-state index in [1.54, 1.807) is 0 Å². The molecule has 0 radical (unpaired) electrons. The number of nitrogens with zero attached hydrogens (tertiary/aromatic N) is 1. The molecule has 0 N–H and O–H groups in total. The van der Waals surface area contributed by atoms with Crippen molar-refractivity contribution in [3.63, 3.8) is 0 Å². The smallest absolute Gasteiger partial charge is 0.0483 e. The van der Waals surface area contributed by atoms with E-state index < -0.39 is 0 Å². The lowest BCUT2D eigenvalue weighted by molar-refractivity contribution is 0.280. The summed E-state index contributed by atoms with van der Waals surface area (Å²) in [4.78, 5) is 0. The summed E-state index contributed by atoms with van der Waals surface area (Å²) in [6, 6.07) is 8.84. The van der Waals surface area contributed by atoms with Crippen molar-refractivity contribution in [3.05, 3.63) is 36.0 Å². The van der Waals surface area contributed by atoms with Gasteiger partial charge in [-0.05, 0) is 43.4 Å². The van der Waals surface area contributed by atoms with Crippen LogP contribution >= 0.6 is 0 Å². The lowest BCUT2D eigenvalue weighted by Gasteiger charge is -2.26. The molecule has 1 heteroatoms. The fraction of sp³-hybridized carbons (Fsp3) is 0.429. The molecule has 1 aromatic carbocycles. The second kappa shape index (κ2) is 3.41. The molecule has 1 aromatic heterocycles. The number of hydrogen-bond donors (Lipinski definition) is 0. The van der Waals surface area contributed by atoms with Crippen molar-refractivity contribution < 1.29 is 0 Å². The summed E-state index contributed by atoms with van der Waals surface area (Å²) in [7, 11) is 0. The van der Waals surface area contributed by atoms with Crippen LogP contribution in [0.15, 0.2) is 30.5 Å². The van der Waals surface area contributed by atoms with E-state index in [0.717, 1.165) is 5.92 Å². The molecule has 1 heterocycles. The van der Waals surface area contributed by atoms with Crippen LogP contribution in [0.1, 0.15) is 24.8 Å². The van der Waals surface area contributed by atoms with E-state index in [1.165, 1.54) is 42.3 Å². The first-order valence-corrected chi connectivity index (χ1v) is 5.89. The average Bonchev–Trinajstić information content (AvgIpc) is 2.56. The normalized spacial score (nSPS) is 16.9. The third kappa shape index (κ3) is 1.46. The highest BCUT2D eigenvalue weighted by Crippen LogP contribution is 2.29. The average molecular weight is 199 g/mol. The van der Waals surface area contributed by atoms with E-state index in [-0.39, 0.29) is 0 Å². The van der Waals surface area contributed by atoms with Gasteiger partial charge in [-0.15, -0.1) is 0 Å². The molecule has 0 amide bonds. The van der Waals surface area contributed by atoms with Crippen LogP contribution in [0.5, 0.6) is 0 Å². The summed E-state index contributed by atoms with van der Waals surface area (Å²) in [6.07, 6.45) is 6.52. The summed E-state index contributed by atoms with van der Waals surface area (Å²) in [5, 5.41) is 1.41. The Morgan fingerprint density at radius 2 is 2.13 bits per heavy atom. The SMILES string of the molecule is Cc1cccc2c1ccn2CC1CCC1. The van der Waals surface area contributed by atoms with Gasteiger partial charge >= 0.3 is 0 Å². The van der Waals surface area contributed by atoms with Crippen molar-refractivity contribution in [2.75, 3.05) is 0 Å². The van der Waals surface area contributed by atoms with E-state index in [0.29, 0.717) is 0 Å². The molecule has 1 aliphatic rings. The van der Waals surface area contributed by atoms with Crippen LogP contribution in [0.25, 0.3) is 10.9 Å². The molecule has 0 aliphatic heterocycles. The van der Waals surface area contributed by atoms with Crippen molar-refractivity contribution in [3.8, 4) is 0 Å². The van der Waals surface area contributed by atoms with E-state index in [1.807, 2.05) is 0 Å². The summed E-state index contributed by atoms with van der Waals surface area (Å²) in [5.41, 5.74) is 2.79. The molecule has 0 atom stereocenters. The van der Waals surface area contributed by atoms with Crippen LogP contribution in [0, 0.1) is 12.8 Å². The number of hydrogen-bond acceptors (Lipinski definition) is 0. The Kier molecular flexibility index (Phi) is 2.05. The zero-order chi connectivity index (χ0) is 10.3. The number of aryl methyl sites for hydroxylation is 1. The highest BCUT2D eigenvalue weighted by molar-refractivity contribution is 5.83. The van der Waals surface area contributed by atoms with Gasteiger partial charge in [-0.2, -0.15) is 0 Å². The maximum absolute atomic E-state index is 2.42. The molecule has 1 aliphatic carbocycles. The minimum Gasteiger partial charge on any atom is -0.347 e. The van der Waals surface area contributed by atoms with Gasteiger partial charge in [0.1, 0.15) is 0 Å².